The molecule has 4 rings (SSSR count). The van der Waals surface area contributed by atoms with E-state index in [0.717, 1.165) is 24.1 Å². The lowest BCUT2D eigenvalue weighted by Gasteiger charge is -2.37. The SMILES string of the molecule is CC(C)(C)OC(=O)n1ccc(CC/C=C2\CN(C(C(=O)C3CC3)c3ccccc3F)CCC2O)n1. The molecule has 188 valence electrons. The normalized spacial score (nSPS) is 21.2. The van der Waals surface area contributed by atoms with E-state index in [1.165, 1.54) is 10.7 Å². The molecule has 1 saturated heterocycles. The molecule has 1 aliphatic heterocycles. The van der Waals surface area contributed by atoms with Crippen molar-refractivity contribution in [3.63, 3.8) is 0 Å². The Bertz CT molecular complexity index is 1100. The van der Waals surface area contributed by atoms with Crippen molar-refractivity contribution in [1.29, 1.82) is 0 Å². The highest BCUT2D eigenvalue weighted by molar-refractivity contribution is 5.89. The second-order valence-electron chi connectivity index (χ2n) is 10.4. The van der Waals surface area contributed by atoms with Gasteiger partial charge in [0.05, 0.1) is 17.8 Å². The summed E-state index contributed by atoms with van der Waals surface area (Å²) >= 11 is 0. The summed E-state index contributed by atoms with van der Waals surface area (Å²) in [4.78, 5) is 27.3. The Hall–Kier alpha value is -2.84. The summed E-state index contributed by atoms with van der Waals surface area (Å²) in [7, 11) is 0. The monoisotopic (exact) mass is 483 g/mol. The Labute approximate surface area is 205 Å². The second kappa shape index (κ2) is 10.4. The molecule has 0 bridgehead atoms. The van der Waals surface area contributed by atoms with Crippen LogP contribution in [0.2, 0.25) is 0 Å². The molecule has 0 spiro atoms. The zero-order chi connectivity index (χ0) is 25.2. The molecule has 1 saturated carbocycles. The lowest BCUT2D eigenvalue weighted by atomic mass is 9.92. The van der Waals surface area contributed by atoms with E-state index in [-0.39, 0.29) is 17.5 Å². The van der Waals surface area contributed by atoms with Crippen LogP contribution < -0.4 is 0 Å². The first-order valence-electron chi connectivity index (χ1n) is 12.3. The fourth-order valence-corrected chi connectivity index (χ4v) is 4.44. The van der Waals surface area contributed by atoms with Gasteiger partial charge >= 0.3 is 6.09 Å². The number of hydrogen-bond acceptors (Lipinski definition) is 6. The summed E-state index contributed by atoms with van der Waals surface area (Å²) < 4.78 is 21.2. The summed E-state index contributed by atoms with van der Waals surface area (Å²) in [5, 5.41) is 14.9. The molecule has 35 heavy (non-hydrogen) atoms. The highest BCUT2D eigenvalue weighted by Gasteiger charge is 2.40. The molecule has 1 aliphatic carbocycles. The van der Waals surface area contributed by atoms with Crippen molar-refractivity contribution in [2.45, 2.75) is 70.6 Å². The maximum Gasteiger partial charge on any atom is 0.435 e. The molecule has 2 fully saturated rings. The van der Waals surface area contributed by atoms with Crippen LogP contribution in [0.25, 0.3) is 0 Å². The van der Waals surface area contributed by atoms with Crippen LogP contribution in [0.3, 0.4) is 0 Å². The fourth-order valence-electron chi connectivity index (χ4n) is 4.44. The molecular weight excluding hydrogens is 449 g/mol. The number of benzene rings is 1. The Balaban J connectivity index is 1.43. The molecule has 2 aromatic rings. The molecule has 2 unspecified atom stereocenters. The van der Waals surface area contributed by atoms with Crippen molar-refractivity contribution in [3.8, 4) is 0 Å². The first kappa shape index (κ1) is 25.3. The summed E-state index contributed by atoms with van der Waals surface area (Å²) in [6.45, 7) is 6.33. The van der Waals surface area contributed by atoms with E-state index >= 15 is 0 Å². The minimum atomic E-state index is -0.635. The van der Waals surface area contributed by atoms with E-state index in [0.29, 0.717) is 37.9 Å². The molecule has 1 aromatic heterocycles. The van der Waals surface area contributed by atoms with Gasteiger partial charge in [-0.3, -0.25) is 9.69 Å². The van der Waals surface area contributed by atoms with E-state index in [2.05, 4.69) is 5.10 Å². The van der Waals surface area contributed by atoms with Crippen molar-refractivity contribution < 1.29 is 23.8 Å². The van der Waals surface area contributed by atoms with E-state index < -0.39 is 23.8 Å². The van der Waals surface area contributed by atoms with Gasteiger partial charge in [0.2, 0.25) is 0 Å². The second-order valence-corrected chi connectivity index (χ2v) is 10.4. The van der Waals surface area contributed by atoms with E-state index in [1.807, 2.05) is 11.0 Å². The van der Waals surface area contributed by atoms with Gasteiger partial charge in [0, 0.05) is 30.8 Å². The van der Waals surface area contributed by atoms with E-state index in [1.54, 1.807) is 51.2 Å². The van der Waals surface area contributed by atoms with Crippen LogP contribution in [-0.4, -0.2) is 56.5 Å². The summed E-state index contributed by atoms with van der Waals surface area (Å²) in [6, 6.07) is 7.62. The molecule has 1 N–H and O–H groups in total. The van der Waals surface area contributed by atoms with Gasteiger partial charge in [-0.25, -0.2) is 9.18 Å². The van der Waals surface area contributed by atoms with Crippen molar-refractivity contribution in [2.75, 3.05) is 13.1 Å². The molecule has 0 radical (unpaired) electrons. The van der Waals surface area contributed by atoms with Crippen LogP contribution in [0.1, 0.15) is 63.8 Å². The minimum Gasteiger partial charge on any atom is -0.442 e. The summed E-state index contributed by atoms with van der Waals surface area (Å²) in [6.07, 6.45) is 5.85. The Morgan fingerprint density at radius 3 is 2.66 bits per heavy atom. The van der Waals surface area contributed by atoms with Gasteiger partial charge in [-0.2, -0.15) is 9.78 Å². The van der Waals surface area contributed by atoms with Gasteiger partial charge in [0.15, 0.2) is 5.78 Å². The number of aryl methyl sites for hydroxylation is 1. The number of aliphatic hydroxyl groups is 1. The number of allylic oxidation sites excluding steroid dienone is 1. The van der Waals surface area contributed by atoms with Gasteiger partial charge in [0.1, 0.15) is 11.4 Å². The average Bonchev–Trinajstić information content (AvgIpc) is 3.54. The van der Waals surface area contributed by atoms with Crippen molar-refractivity contribution in [3.05, 3.63) is 65.3 Å². The molecule has 8 heteroatoms. The number of ketones is 1. The maximum absolute atomic E-state index is 14.7. The molecule has 0 amide bonds. The first-order chi connectivity index (χ1) is 16.6. The molecular formula is C27H34FN3O4. The molecule has 2 heterocycles. The predicted molar refractivity (Wildman–Crippen MR) is 129 cm³/mol. The number of ether oxygens (including phenoxy) is 1. The number of nitrogens with zero attached hydrogens (tertiary/aromatic N) is 3. The fraction of sp³-hybridized carbons (Fsp3) is 0.519. The van der Waals surface area contributed by atoms with Crippen LogP contribution in [0.15, 0.2) is 48.2 Å². The van der Waals surface area contributed by atoms with Gasteiger partial charge < -0.3 is 9.84 Å². The number of Topliss-reactive ketones (excluding diaryl/α,β-unsaturated/α-hetero) is 1. The van der Waals surface area contributed by atoms with Crippen LogP contribution in [-0.2, 0) is 16.0 Å². The van der Waals surface area contributed by atoms with Crippen LogP contribution in [0, 0.1) is 11.7 Å². The molecule has 2 atom stereocenters. The zero-order valence-corrected chi connectivity index (χ0v) is 20.6. The topological polar surface area (TPSA) is 84.7 Å². The standard InChI is InChI=1S/C27H34FN3O4/c1-27(2,3)35-26(34)31-16-13-20(29-31)8-6-7-19-17-30(15-14-23(19)32)24(25(33)18-11-12-18)21-9-4-5-10-22(21)28/h4-5,7,9-10,13,16,18,23-24,32H,6,8,11-12,14-15,17H2,1-3H3/b19-7+. The van der Waals surface area contributed by atoms with Crippen LogP contribution in [0.5, 0.6) is 0 Å². The lowest BCUT2D eigenvalue weighted by molar-refractivity contribution is -0.126. The van der Waals surface area contributed by atoms with Gasteiger partial charge in [-0.15, -0.1) is 0 Å². The van der Waals surface area contributed by atoms with Crippen molar-refractivity contribution in [2.24, 2.45) is 5.92 Å². The van der Waals surface area contributed by atoms with Gasteiger partial charge in [-0.1, -0.05) is 24.3 Å². The van der Waals surface area contributed by atoms with Crippen molar-refractivity contribution >= 4 is 11.9 Å². The summed E-state index contributed by atoms with van der Waals surface area (Å²) in [5.41, 5.74) is 1.38. The first-order valence-corrected chi connectivity index (χ1v) is 12.3. The Morgan fingerprint density at radius 2 is 1.97 bits per heavy atom. The number of carbonyl (C=O) groups excluding carboxylic acids is 2. The quantitative estimate of drug-likeness (QED) is 0.586. The summed E-state index contributed by atoms with van der Waals surface area (Å²) in [5.74, 6) is -0.304. The third-order valence-electron chi connectivity index (χ3n) is 6.35. The number of carbonyl (C=O) groups is 2. The third kappa shape index (κ3) is 6.44. The zero-order valence-electron chi connectivity index (χ0n) is 20.6. The largest absolute Gasteiger partial charge is 0.442 e. The number of halogens is 1. The number of aromatic nitrogens is 2. The number of aliphatic hydroxyl groups excluding tert-OH is 1. The maximum atomic E-state index is 14.7. The molecule has 7 nitrogen and oxygen atoms in total. The van der Waals surface area contributed by atoms with E-state index in [4.69, 9.17) is 4.74 Å². The lowest BCUT2D eigenvalue weighted by Crippen LogP contribution is -2.43. The van der Waals surface area contributed by atoms with Crippen LogP contribution in [0.4, 0.5) is 9.18 Å². The van der Waals surface area contributed by atoms with Crippen LogP contribution >= 0.6 is 0 Å². The predicted octanol–water partition coefficient (Wildman–Crippen LogP) is 4.45. The van der Waals surface area contributed by atoms with Gasteiger partial charge in [0.25, 0.3) is 0 Å². The highest BCUT2D eigenvalue weighted by atomic mass is 19.1. The van der Waals surface area contributed by atoms with Crippen molar-refractivity contribution in [1.82, 2.24) is 14.7 Å². The molecule has 2 aliphatic rings. The van der Waals surface area contributed by atoms with Gasteiger partial charge in [-0.05, 0) is 70.6 Å². The van der Waals surface area contributed by atoms with E-state index in [9.17, 15) is 19.1 Å². The number of hydrogen-bond donors (Lipinski definition) is 1. The average molecular weight is 484 g/mol. The third-order valence-corrected chi connectivity index (χ3v) is 6.35. The number of rotatable bonds is 7. The smallest absolute Gasteiger partial charge is 0.435 e. The minimum absolute atomic E-state index is 0.000954. The Morgan fingerprint density at radius 1 is 1.23 bits per heavy atom. The number of likely N-dealkylation sites (tertiary alicyclic amines) is 1. The number of piperidine rings is 1. The Kier molecular flexibility index (Phi) is 7.52. The highest BCUT2D eigenvalue weighted by Crippen LogP contribution is 2.39. The molecule has 1 aromatic carbocycles.